The van der Waals surface area contributed by atoms with Gasteiger partial charge in [0.2, 0.25) is 0 Å². The van der Waals surface area contributed by atoms with Crippen molar-refractivity contribution in [3.05, 3.63) is 12.7 Å². The number of hydrogen-bond donors (Lipinski definition) is 1. The Bertz CT molecular complexity index is 181. The van der Waals surface area contributed by atoms with Gasteiger partial charge >= 0.3 is 0 Å². The Morgan fingerprint density at radius 1 is 1.58 bits per heavy atom. The molecular weight excluding hydrogens is 150 g/mol. The fourth-order valence-electron chi connectivity index (χ4n) is 2.64. The lowest BCUT2D eigenvalue weighted by molar-refractivity contribution is -0.00631. The van der Waals surface area contributed by atoms with Gasteiger partial charge in [-0.25, -0.2) is 0 Å². The van der Waals surface area contributed by atoms with Crippen LogP contribution < -0.4 is 0 Å². The molecule has 3 saturated heterocycles. The topological polar surface area (TPSA) is 23.5 Å². The molecule has 2 bridgehead atoms. The minimum Gasteiger partial charge on any atom is -0.395 e. The Kier molecular flexibility index (Phi) is 2.20. The van der Waals surface area contributed by atoms with E-state index in [-0.39, 0.29) is 0 Å². The van der Waals surface area contributed by atoms with Crippen LogP contribution in [-0.4, -0.2) is 35.7 Å². The number of aliphatic hydroxyl groups excluding tert-OH is 1. The second kappa shape index (κ2) is 3.19. The predicted octanol–water partition coefficient (Wildman–Crippen LogP) is 0.875. The molecule has 3 rings (SSSR count). The molecule has 12 heavy (non-hydrogen) atoms. The summed E-state index contributed by atoms with van der Waals surface area (Å²) in [5.74, 6) is 1.48. The Balaban J connectivity index is 2.05. The van der Waals surface area contributed by atoms with Gasteiger partial charge in [-0.15, -0.1) is 6.58 Å². The van der Waals surface area contributed by atoms with Crippen molar-refractivity contribution in [2.45, 2.75) is 18.9 Å². The molecule has 3 fully saturated rings. The van der Waals surface area contributed by atoms with Crippen LogP contribution in [0.25, 0.3) is 0 Å². The Morgan fingerprint density at radius 3 is 2.92 bits per heavy atom. The number of rotatable bonds is 2. The summed E-state index contributed by atoms with van der Waals surface area (Å²) in [6, 6.07) is 0.444. The van der Waals surface area contributed by atoms with E-state index in [1.807, 2.05) is 0 Å². The third-order valence-corrected chi connectivity index (χ3v) is 3.44. The van der Waals surface area contributed by atoms with E-state index < -0.39 is 0 Å². The van der Waals surface area contributed by atoms with Crippen molar-refractivity contribution in [1.82, 2.24) is 4.90 Å². The SMILES string of the molecule is C=C[C@@H]1CN2CC[C@@H]1C[C@H]2CO. The maximum Gasteiger partial charge on any atom is 0.0586 e. The van der Waals surface area contributed by atoms with Crippen LogP contribution in [0.4, 0.5) is 0 Å². The molecule has 4 atom stereocenters. The molecule has 0 saturated carbocycles. The van der Waals surface area contributed by atoms with Gasteiger partial charge in [0.1, 0.15) is 0 Å². The van der Waals surface area contributed by atoms with E-state index in [1.54, 1.807) is 0 Å². The summed E-state index contributed by atoms with van der Waals surface area (Å²) in [7, 11) is 0. The quantitative estimate of drug-likeness (QED) is 0.617. The number of piperidine rings is 3. The molecule has 0 aliphatic carbocycles. The number of aliphatic hydroxyl groups is 1. The highest BCUT2D eigenvalue weighted by Crippen LogP contribution is 2.36. The van der Waals surface area contributed by atoms with Crippen molar-refractivity contribution >= 4 is 0 Å². The molecule has 2 nitrogen and oxygen atoms in total. The van der Waals surface area contributed by atoms with Gasteiger partial charge in [-0.2, -0.15) is 0 Å². The third kappa shape index (κ3) is 1.19. The minimum atomic E-state index is 0.334. The third-order valence-electron chi connectivity index (χ3n) is 3.44. The largest absolute Gasteiger partial charge is 0.395 e. The highest BCUT2D eigenvalue weighted by atomic mass is 16.3. The van der Waals surface area contributed by atoms with E-state index in [0.29, 0.717) is 18.6 Å². The van der Waals surface area contributed by atoms with Gasteiger partial charge < -0.3 is 5.11 Å². The zero-order chi connectivity index (χ0) is 8.55. The highest BCUT2D eigenvalue weighted by molar-refractivity contribution is 4.98. The molecule has 0 aromatic carbocycles. The molecule has 2 heteroatoms. The molecule has 1 unspecified atom stereocenters. The molecular formula is C10H17NO. The Hall–Kier alpha value is -0.340. The van der Waals surface area contributed by atoms with Gasteiger partial charge in [0.05, 0.1) is 6.61 Å². The predicted molar refractivity (Wildman–Crippen MR) is 48.9 cm³/mol. The molecule has 1 N–H and O–H groups in total. The summed E-state index contributed by atoms with van der Waals surface area (Å²) >= 11 is 0. The lowest BCUT2D eigenvalue weighted by Crippen LogP contribution is -2.54. The van der Waals surface area contributed by atoms with E-state index >= 15 is 0 Å². The van der Waals surface area contributed by atoms with Gasteiger partial charge in [-0.1, -0.05) is 6.08 Å². The fourth-order valence-corrected chi connectivity index (χ4v) is 2.64. The molecule has 0 amide bonds. The van der Waals surface area contributed by atoms with Crippen molar-refractivity contribution in [1.29, 1.82) is 0 Å². The van der Waals surface area contributed by atoms with Gasteiger partial charge in [0, 0.05) is 12.6 Å². The van der Waals surface area contributed by atoms with Gasteiger partial charge in [-0.3, -0.25) is 4.90 Å². The van der Waals surface area contributed by atoms with Crippen LogP contribution in [0.5, 0.6) is 0 Å². The second-order valence-electron chi connectivity index (χ2n) is 4.02. The Morgan fingerprint density at radius 2 is 2.42 bits per heavy atom. The molecule has 0 radical (unpaired) electrons. The molecule has 3 aliphatic rings. The van der Waals surface area contributed by atoms with E-state index in [2.05, 4.69) is 17.6 Å². The lowest BCUT2D eigenvalue weighted by atomic mass is 9.76. The van der Waals surface area contributed by atoms with Gasteiger partial charge in [0.15, 0.2) is 0 Å². The van der Waals surface area contributed by atoms with Crippen LogP contribution in [0, 0.1) is 11.8 Å². The van der Waals surface area contributed by atoms with Gasteiger partial charge in [-0.05, 0) is 31.2 Å². The molecule has 0 aromatic rings. The second-order valence-corrected chi connectivity index (χ2v) is 4.02. The van der Waals surface area contributed by atoms with Crippen LogP contribution >= 0.6 is 0 Å². The maximum atomic E-state index is 9.10. The summed E-state index contributed by atoms with van der Waals surface area (Å²) in [6.45, 7) is 6.50. The fraction of sp³-hybridized carbons (Fsp3) is 0.800. The van der Waals surface area contributed by atoms with Crippen LogP contribution in [0.15, 0.2) is 12.7 Å². The monoisotopic (exact) mass is 167 g/mol. The molecule has 3 heterocycles. The molecule has 0 aromatic heterocycles. The smallest absolute Gasteiger partial charge is 0.0586 e. The summed E-state index contributed by atoms with van der Waals surface area (Å²) in [6.07, 6.45) is 4.56. The van der Waals surface area contributed by atoms with E-state index in [4.69, 9.17) is 5.11 Å². The first-order valence-corrected chi connectivity index (χ1v) is 4.82. The number of fused-ring (bicyclic) bond motifs is 3. The minimum absolute atomic E-state index is 0.334. The molecule has 68 valence electrons. The zero-order valence-electron chi connectivity index (χ0n) is 7.45. The van der Waals surface area contributed by atoms with Crippen molar-refractivity contribution in [2.24, 2.45) is 11.8 Å². The van der Waals surface area contributed by atoms with Crippen LogP contribution in [0.1, 0.15) is 12.8 Å². The summed E-state index contributed by atoms with van der Waals surface area (Å²) in [5.41, 5.74) is 0. The summed E-state index contributed by atoms with van der Waals surface area (Å²) in [5, 5.41) is 9.10. The van der Waals surface area contributed by atoms with E-state index in [1.165, 1.54) is 19.4 Å². The average molecular weight is 167 g/mol. The zero-order valence-corrected chi connectivity index (χ0v) is 7.45. The Labute approximate surface area is 73.9 Å². The summed E-state index contributed by atoms with van der Waals surface area (Å²) in [4.78, 5) is 2.41. The van der Waals surface area contributed by atoms with Gasteiger partial charge in [0.25, 0.3) is 0 Å². The maximum absolute atomic E-state index is 9.10. The lowest BCUT2D eigenvalue weighted by Gasteiger charge is -2.48. The number of hydrogen-bond acceptors (Lipinski definition) is 2. The first-order chi connectivity index (χ1) is 5.85. The van der Waals surface area contributed by atoms with Crippen molar-refractivity contribution in [3.8, 4) is 0 Å². The average Bonchev–Trinajstić information content (AvgIpc) is 2.18. The summed E-state index contributed by atoms with van der Waals surface area (Å²) < 4.78 is 0. The first-order valence-electron chi connectivity index (χ1n) is 4.82. The van der Waals surface area contributed by atoms with E-state index in [0.717, 1.165) is 12.5 Å². The van der Waals surface area contributed by atoms with Crippen LogP contribution in [-0.2, 0) is 0 Å². The first kappa shape index (κ1) is 8.27. The normalized spacial score (nSPS) is 46.1. The van der Waals surface area contributed by atoms with E-state index in [9.17, 15) is 0 Å². The molecule has 3 aliphatic heterocycles. The van der Waals surface area contributed by atoms with Crippen LogP contribution in [0.3, 0.4) is 0 Å². The van der Waals surface area contributed by atoms with Crippen LogP contribution in [0.2, 0.25) is 0 Å². The number of nitrogens with zero attached hydrogens (tertiary/aromatic N) is 1. The van der Waals surface area contributed by atoms with Crippen molar-refractivity contribution < 1.29 is 5.11 Å². The van der Waals surface area contributed by atoms with Crippen molar-refractivity contribution in [2.75, 3.05) is 19.7 Å². The van der Waals surface area contributed by atoms with Crippen molar-refractivity contribution in [3.63, 3.8) is 0 Å². The molecule has 0 spiro atoms. The highest BCUT2D eigenvalue weighted by Gasteiger charge is 2.38. The standard InChI is InChI=1S/C10H17NO/c1-2-8-6-11-4-3-9(8)5-10(11)7-12/h2,8-10,12H,1,3-7H2/t8-,9-,10+/m1/s1.